The van der Waals surface area contributed by atoms with Gasteiger partial charge in [0.05, 0.1) is 29.0 Å². The van der Waals surface area contributed by atoms with Crippen molar-refractivity contribution in [2.24, 2.45) is 4.99 Å². The average molecular weight is 544 g/mol. The lowest BCUT2D eigenvalue weighted by molar-refractivity contribution is -0.139. The number of hydrogen-bond donors (Lipinski definition) is 0. The molecule has 0 bridgehead atoms. The van der Waals surface area contributed by atoms with E-state index in [1.54, 1.807) is 18.4 Å². The molecule has 1 aliphatic heterocycles. The van der Waals surface area contributed by atoms with Crippen molar-refractivity contribution in [2.45, 2.75) is 53.1 Å². The minimum Gasteiger partial charge on any atom is -0.493 e. The molecule has 2 aromatic heterocycles. The molecule has 1 atom stereocenters. The normalized spacial score (nSPS) is 15.5. The average Bonchev–Trinajstić information content (AvgIpc) is 3.44. The van der Waals surface area contributed by atoms with E-state index in [1.165, 1.54) is 11.3 Å². The van der Waals surface area contributed by atoms with Gasteiger partial charge in [0.2, 0.25) is 0 Å². The lowest BCUT2D eigenvalue weighted by Gasteiger charge is -2.26. The van der Waals surface area contributed by atoms with Crippen LogP contribution in [0.15, 0.2) is 75.8 Å². The second-order valence-corrected chi connectivity index (χ2v) is 10.8. The van der Waals surface area contributed by atoms with Crippen molar-refractivity contribution in [2.75, 3.05) is 13.2 Å². The number of para-hydroxylation sites is 2. The maximum Gasteiger partial charge on any atom is 0.338 e. The summed E-state index contributed by atoms with van der Waals surface area (Å²) in [5.74, 6) is 0.152. The second kappa shape index (κ2) is 11.1. The van der Waals surface area contributed by atoms with Gasteiger partial charge < -0.3 is 14.0 Å². The smallest absolute Gasteiger partial charge is 0.338 e. The number of aromatic nitrogens is 2. The van der Waals surface area contributed by atoms with Gasteiger partial charge in [0.1, 0.15) is 11.8 Å². The van der Waals surface area contributed by atoms with Gasteiger partial charge in [0.15, 0.2) is 4.80 Å². The van der Waals surface area contributed by atoms with Gasteiger partial charge >= 0.3 is 5.97 Å². The van der Waals surface area contributed by atoms with E-state index < -0.39 is 12.0 Å². The van der Waals surface area contributed by atoms with Crippen molar-refractivity contribution in [3.8, 4) is 5.75 Å². The van der Waals surface area contributed by atoms with E-state index in [0.29, 0.717) is 33.0 Å². The van der Waals surface area contributed by atoms with Crippen LogP contribution in [0.1, 0.15) is 64.3 Å². The molecule has 0 amide bonds. The minimum absolute atomic E-state index is 0.204. The predicted octanol–water partition coefficient (Wildman–Crippen LogP) is 5.12. The van der Waals surface area contributed by atoms with E-state index in [1.807, 2.05) is 49.4 Å². The standard InChI is InChI=1S/C31H33N3O4S/c1-6-16-38-25-15-11-9-13-23(25)28-27(30(36)37-7-2)20(5)32-31-34(28)29(35)26(39-31)17-21-18-33(19(3)4)24-14-10-8-12-22(21)24/h8-15,17-19,28H,6-7,16H2,1-5H3/b26-17+/t28-/m1/s1. The van der Waals surface area contributed by atoms with Crippen LogP contribution in [-0.4, -0.2) is 28.3 Å². The third-order valence-electron chi connectivity index (χ3n) is 6.81. The first-order valence-electron chi connectivity index (χ1n) is 13.4. The zero-order chi connectivity index (χ0) is 27.7. The Bertz CT molecular complexity index is 1760. The monoisotopic (exact) mass is 543 g/mol. The molecule has 0 N–H and O–H groups in total. The molecular weight excluding hydrogens is 510 g/mol. The van der Waals surface area contributed by atoms with Crippen molar-refractivity contribution < 1.29 is 14.3 Å². The highest BCUT2D eigenvalue weighted by Gasteiger charge is 2.35. The maximum atomic E-state index is 14.1. The fraction of sp³-hybridized carbons (Fsp3) is 0.323. The Morgan fingerprint density at radius 1 is 1.13 bits per heavy atom. The van der Waals surface area contributed by atoms with Crippen molar-refractivity contribution in [1.29, 1.82) is 0 Å². The summed E-state index contributed by atoms with van der Waals surface area (Å²) in [6, 6.07) is 15.3. The van der Waals surface area contributed by atoms with Crippen LogP contribution in [0.3, 0.4) is 0 Å². The summed E-state index contributed by atoms with van der Waals surface area (Å²) < 4.78 is 15.9. The quantitative estimate of drug-likeness (QED) is 0.289. The van der Waals surface area contributed by atoms with Crippen molar-refractivity contribution in [3.05, 3.63) is 96.8 Å². The molecule has 4 aromatic rings. The summed E-state index contributed by atoms with van der Waals surface area (Å²) in [7, 11) is 0. The van der Waals surface area contributed by atoms with Crippen LogP contribution in [0.4, 0.5) is 0 Å². The molecule has 202 valence electrons. The lowest BCUT2D eigenvalue weighted by atomic mass is 9.95. The Hall–Kier alpha value is -3.91. The largest absolute Gasteiger partial charge is 0.493 e. The van der Waals surface area contributed by atoms with Gasteiger partial charge in [-0.3, -0.25) is 9.36 Å². The van der Waals surface area contributed by atoms with Crippen LogP contribution in [0.2, 0.25) is 0 Å². The Labute approximate surface area is 231 Å². The third-order valence-corrected chi connectivity index (χ3v) is 7.79. The number of allylic oxidation sites excluding steroid dienone is 1. The van der Waals surface area contributed by atoms with Gasteiger partial charge in [-0.2, -0.15) is 0 Å². The van der Waals surface area contributed by atoms with Crippen molar-refractivity contribution >= 4 is 34.3 Å². The molecular formula is C31H33N3O4S. The van der Waals surface area contributed by atoms with Crippen LogP contribution >= 0.6 is 11.3 Å². The summed E-state index contributed by atoms with van der Waals surface area (Å²) in [4.78, 5) is 32.6. The minimum atomic E-state index is -0.715. The Kier molecular flexibility index (Phi) is 7.57. The number of hydrogen-bond acceptors (Lipinski definition) is 6. The molecule has 0 radical (unpaired) electrons. The number of rotatable bonds is 8. The molecule has 5 rings (SSSR count). The highest BCUT2D eigenvalue weighted by atomic mass is 32.1. The molecule has 2 aromatic carbocycles. The van der Waals surface area contributed by atoms with E-state index in [2.05, 4.69) is 36.7 Å². The topological polar surface area (TPSA) is 74.8 Å². The zero-order valence-corrected chi connectivity index (χ0v) is 23.7. The Morgan fingerprint density at radius 2 is 1.87 bits per heavy atom. The van der Waals surface area contributed by atoms with Gasteiger partial charge in [-0.1, -0.05) is 54.7 Å². The SMILES string of the molecule is CCCOc1ccccc1[C@@H]1C(C(=O)OCC)=C(C)N=c2s/c(=C/c3cn(C(C)C)c4ccccc34)c(=O)n21. The molecule has 0 saturated heterocycles. The molecule has 1 aliphatic rings. The van der Waals surface area contributed by atoms with Gasteiger partial charge in [0.25, 0.3) is 5.56 Å². The van der Waals surface area contributed by atoms with Crippen LogP contribution in [0.25, 0.3) is 17.0 Å². The molecule has 0 saturated carbocycles. The van der Waals surface area contributed by atoms with E-state index in [4.69, 9.17) is 14.5 Å². The van der Waals surface area contributed by atoms with Crippen molar-refractivity contribution in [1.82, 2.24) is 9.13 Å². The van der Waals surface area contributed by atoms with Gasteiger partial charge in [0, 0.05) is 34.3 Å². The summed E-state index contributed by atoms with van der Waals surface area (Å²) in [6.07, 6.45) is 4.86. The fourth-order valence-corrected chi connectivity index (χ4v) is 6.09. The molecule has 39 heavy (non-hydrogen) atoms. The molecule has 0 aliphatic carbocycles. The number of fused-ring (bicyclic) bond motifs is 2. The van der Waals surface area contributed by atoms with E-state index in [0.717, 1.165) is 28.5 Å². The van der Waals surface area contributed by atoms with Crippen LogP contribution in [-0.2, 0) is 9.53 Å². The first-order valence-corrected chi connectivity index (χ1v) is 14.2. The number of nitrogens with zero attached hydrogens (tertiary/aromatic N) is 3. The number of thiazole rings is 1. The number of benzene rings is 2. The predicted molar refractivity (Wildman–Crippen MR) is 155 cm³/mol. The summed E-state index contributed by atoms with van der Waals surface area (Å²) >= 11 is 1.33. The number of carbonyl (C=O) groups is 1. The molecule has 0 unspecified atom stereocenters. The molecule has 3 heterocycles. The molecule has 8 heteroatoms. The van der Waals surface area contributed by atoms with Gasteiger partial charge in [-0.25, -0.2) is 9.79 Å². The van der Waals surface area contributed by atoms with Gasteiger partial charge in [-0.15, -0.1) is 0 Å². The number of carbonyl (C=O) groups excluding carboxylic acids is 1. The second-order valence-electron chi connectivity index (χ2n) is 9.79. The fourth-order valence-electron chi connectivity index (χ4n) is 5.05. The maximum absolute atomic E-state index is 14.1. The summed E-state index contributed by atoms with van der Waals surface area (Å²) in [5, 5.41) is 1.08. The molecule has 0 spiro atoms. The summed E-state index contributed by atoms with van der Waals surface area (Å²) in [6.45, 7) is 10.6. The molecule has 0 fully saturated rings. The van der Waals surface area contributed by atoms with E-state index in [-0.39, 0.29) is 18.2 Å². The Balaban J connectivity index is 1.75. The van der Waals surface area contributed by atoms with Crippen LogP contribution < -0.4 is 19.6 Å². The first kappa shape index (κ1) is 26.7. The zero-order valence-electron chi connectivity index (χ0n) is 22.9. The molecule has 7 nitrogen and oxygen atoms in total. The summed E-state index contributed by atoms with van der Waals surface area (Å²) in [5.41, 5.74) is 3.49. The lowest BCUT2D eigenvalue weighted by Crippen LogP contribution is -2.40. The highest BCUT2D eigenvalue weighted by Crippen LogP contribution is 2.36. The van der Waals surface area contributed by atoms with E-state index >= 15 is 0 Å². The van der Waals surface area contributed by atoms with Crippen molar-refractivity contribution in [3.63, 3.8) is 0 Å². The van der Waals surface area contributed by atoms with Crippen LogP contribution in [0.5, 0.6) is 5.75 Å². The Morgan fingerprint density at radius 3 is 2.62 bits per heavy atom. The highest BCUT2D eigenvalue weighted by molar-refractivity contribution is 7.07. The third kappa shape index (κ3) is 4.85. The van der Waals surface area contributed by atoms with Crippen LogP contribution in [0, 0.1) is 0 Å². The number of ether oxygens (including phenoxy) is 2. The van der Waals surface area contributed by atoms with E-state index in [9.17, 15) is 9.59 Å². The van der Waals surface area contributed by atoms with Gasteiger partial charge in [-0.05, 0) is 52.3 Å². The number of esters is 1. The first-order chi connectivity index (χ1) is 18.8.